The Morgan fingerprint density at radius 3 is 2.40 bits per heavy atom. The maximum atomic E-state index is 5.38. The van der Waals surface area contributed by atoms with Crippen molar-refractivity contribution in [3.8, 4) is 0 Å². The minimum Gasteiger partial charge on any atom is -0.327 e. The molecule has 0 saturated heterocycles. The zero-order chi connectivity index (χ0) is 7.98. The molecule has 1 heteroatoms. The van der Waals surface area contributed by atoms with E-state index < -0.39 is 0 Å². The van der Waals surface area contributed by atoms with Crippen LogP contribution in [0, 0.1) is 0 Å². The van der Waals surface area contributed by atoms with Gasteiger partial charge in [-0.25, -0.2) is 0 Å². The van der Waals surface area contributed by atoms with E-state index in [4.69, 9.17) is 5.73 Å². The Balaban J connectivity index is 4.03. The highest BCUT2D eigenvalue weighted by molar-refractivity contribution is 5.22. The summed E-state index contributed by atoms with van der Waals surface area (Å²) < 4.78 is 0. The second-order valence-corrected chi connectivity index (χ2v) is 2.33. The summed E-state index contributed by atoms with van der Waals surface area (Å²) in [4.78, 5) is 0. The molecule has 0 aromatic heterocycles. The van der Waals surface area contributed by atoms with Crippen molar-refractivity contribution in [2.45, 2.75) is 13.8 Å². The molecule has 1 nitrogen and oxygen atoms in total. The van der Waals surface area contributed by atoms with Crippen LogP contribution in [-0.2, 0) is 0 Å². The first-order chi connectivity index (χ1) is 4.70. The summed E-state index contributed by atoms with van der Waals surface area (Å²) in [6.07, 6.45) is 5.84. The average molecular weight is 137 g/mol. The van der Waals surface area contributed by atoms with Crippen molar-refractivity contribution in [1.82, 2.24) is 0 Å². The summed E-state index contributed by atoms with van der Waals surface area (Å²) in [5.41, 5.74) is 7.72. The van der Waals surface area contributed by atoms with Crippen molar-refractivity contribution in [1.29, 1.82) is 0 Å². The molecule has 0 aliphatic carbocycles. The smallest absolute Gasteiger partial charge is 0.0137 e. The van der Waals surface area contributed by atoms with E-state index in [2.05, 4.69) is 6.58 Å². The zero-order valence-electron chi connectivity index (χ0n) is 6.72. The molecular formula is C9H15N. The molecule has 0 heterocycles. The van der Waals surface area contributed by atoms with Crippen LogP contribution in [0.3, 0.4) is 0 Å². The summed E-state index contributed by atoms with van der Waals surface area (Å²) >= 11 is 0. The molecule has 0 atom stereocenters. The molecule has 0 aliphatic rings. The summed E-state index contributed by atoms with van der Waals surface area (Å²) in [5.74, 6) is 0. The van der Waals surface area contributed by atoms with Crippen molar-refractivity contribution >= 4 is 0 Å². The van der Waals surface area contributed by atoms with E-state index in [1.807, 2.05) is 32.1 Å². The molecule has 0 saturated carbocycles. The predicted molar refractivity (Wildman–Crippen MR) is 46.8 cm³/mol. The molecule has 0 aromatic rings. The lowest BCUT2D eigenvalue weighted by molar-refractivity contribution is 1.14. The van der Waals surface area contributed by atoms with Gasteiger partial charge in [0.15, 0.2) is 0 Å². The molecule has 56 valence electrons. The van der Waals surface area contributed by atoms with Crippen LogP contribution in [0.5, 0.6) is 0 Å². The van der Waals surface area contributed by atoms with Crippen molar-refractivity contribution in [3.05, 3.63) is 36.0 Å². The van der Waals surface area contributed by atoms with Gasteiger partial charge >= 0.3 is 0 Å². The third-order valence-corrected chi connectivity index (χ3v) is 1.27. The van der Waals surface area contributed by atoms with Crippen molar-refractivity contribution < 1.29 is 0 Å². The van der Waals surface area contributed by atoms with E-state index in [1.165, 1.54) is 5.57 Å². The summed E-state index contributed by atoms with van der Waals surface area (Å²) in [6, 6.07) is 0. The van der Waals surface area contributed by atoms with Crippen molar-refractivity contribution in [2.24, 2.45) is 5.73 Å². The Morgan fingerprint density at radius 1 is 1.40 bits per heavy atom. The lowest BCUT2D eigenvalue weighted by Crippen LogP contribution is -1.98. The monoisotopic (exact) mass is 137 g/mol. The SMILES string of the molecule is C=C/C(C)=C/C=C(\C)CN. The molecule has 0 unspecified atom stereocenters. The van der Waals surface area contributed by atoms with Gasteiger partial charge in [-0.1, -0.05) is 36.0 Å². The molecule has 0 rings (SSSR count). The predicted octanol–water partition coefficient (Wildman–Crippen LogP) is 2.02. The quantitative estimate of drug-likeness (QED) is 0.592. The molecule has 0 radical (unpaired) electrons. The molecule has 10 heavy (non-hydrogen) atoms. The first kappa shape index (κ1) is 9.18. The van der Waals surface area contributed by atoms with Crippen LogP contribution in [0.15, 0.2) is 36.0 Å². The number of rotatable bonds is 3. The van der Waals surface area contributed by atoms with Gasteiger partial charge in [0.1, 0.15) is 0 Å². The van der Waals surface area contributed by atoms with Gasteiger partial charge in [-0.05, 0) is 13.8 Å². The molecule has 0 bridgehead atoms. The van der Waals surface area contributed by atoms with Crippen LogP contribution in [0.25, 0.3) is 0 Å². The molecule has 2 N–H and O–H groups in total. The van der Waals surface area contributed by atoms with Crippen LogP contribution >= 0.6 is 0 Å². The highest BCUT2D eigenvalue weighted by Crippen LogP contribution is 1.96. The van der Waals surface area contributed by atoms with Gasteiger partial charge < -0.3 is 5.73 Å². The maximum Gasteiger partial charge on any atom is 0.0137 e. The van der Waals surface area contributed by atoms with E-state index in [9.17, 15) is 0 Å². The largest absolute Gasteiger partial charge is 0.327 e. The third kappa shape index (κ3) is 4.10. The highest BCUT2D eigenvalue weighted by atomic mass is 14.5. The molecule has 0 fully saturated rings. The van der Waals surface area contributed by atoms with E-state index in [-0.39, 0.29) is 0 Å². The second-order valence-electron chi connectivity index (χ2n) is 2.33. The van der Waals surface area contributed by atoms with E-state index in [0.717, 1.165) is 5.57 Å². The summed E-state index contributed by atoms with van der Waals surface area (Å²) in [6.45, 7) is 8.28. The second kappa shape index (κ2) is 5.00. The molecule has 0 aliphatic heterocycles. The fraction of sp³-hybridized carbons (Fsp3) is 0.333. The van der Waals surface area contributed by atoms with E-state index >= 15 is 0 Å². The Morgan fingerprint density at radius 2 is 2.00 bits per heavy atom. The molecule has 0 amide bonds. The molecular weight excluding hydrogens is 122 g/mol. The van der Waals surface area contributed by atoms with Gasteiger partial charge in [-0.15, -0.1) is 0 Å². The van der Waals surface area contributed by atoms with Gasteiger partial charge in [0.25, 0.3) is 0 Å². The topological polar surface area (TPSA) is 26.0 Å². The van der Waals surface area contributed by atoms with Crippen LogP contribution in [0.1, 0.15) is 13.8 Å². The Hall–Kier alpha value is -0.820. The minimum absolute atomic E-state index is 0.626. The average Bonchev–Trinajstić information content (AvgIpc) is 1.99. The lowest BCUT2D eigenvalue weighted by atomic mass is 10.2. The maximum absolute atomic E-state index is 5.38. The lowest BCUT2D eigenvalue weighted by Gasteiger charge is -1.90. The van der Waals surface area contributed by atoms with Crippen molar-refractivity contribution in [2.75, 3.05) is 6.54 Å². The summed E-state index contributed by atoms with van der Waals surface area (Å²) in [7, 11) is 0. The van der Waals surface area contributed by atoms with E-state index in [1.54, 1.807) is 0 Å². The molecule has 0 aromatic carbocycles. The van der Waals surface area contributed by atoms with Crippen LogP contribution in [0.2, 0.25) is 0 Å². The fourth-order valence-electron chi connectivity index (χ4n) is 0.410. The Bertz CT molecular complexity index is 164. The number of hydrogen-bond acceptors (Lipinski definition) is 1. The van der Waals surface area contributed by atoms with Crippen molar-refractivity contribution in [3.63, 3.8) is 0 Å². The number of nitrogens with two attached hydrogens (primary N) is 1. The normalized spacial score (nSPS) is 13.5. The first-order valence-electron chi connectivity index (χ1n) is 3.37. The van der Waals surface area contributed by atoms with Gasteiger partial charge in [-0.3, -0.25) is 0 Å². The standard InChI is InChI=1S/C9H15N/c1-4-8(2)5-6-9(3)7-10/h4-6H,1,7,10H2,2-3H3/b8-5+,9-6+. The van der Waals surface area contributed by atoms with Gasteiger partial charge in [-0.2, -0.15) is 0 Å². The van der Waals surface area contributed by atoms with Crippen LogP contribution in [-0.4, -0.2) is 6.54 Å². The summed E-state index contributed by atoms with van der Waals surface area (Å²) in [5, 5.41) is 0. The van der Waals surface area contributed by atoms with Gasteiger partial charge in [0, 0.05) is 6.54 Å². The zero-order valence-corrected chi connectivity index (χ0v) is 6.72. The Labute approximate surface area is 62.9 Å². The third-order valence-electron chi connectivity index (χ3n) is 1.27. The molecule has 0 spiro atoms. The number of hydrogen-bond donors (Lipinski definition) is 1. The highest BCUT2D eigenvalue weighted by Gasteiger charge is 1.79. The van der Waals surface area contributed by atoms with Gasteiger partial charge in [0.2, 0.25) is 0 Å². The minimum atomic E-state index is 0.626. The van der Waals surface area contributed by atoms with Crippen LogP contribution < -0.4 is 5.73 Å². The Kier molecular flexibility index (Phi) is 4.59. The van der Waals surface area contributed by atoms with E-state index in [0.29, 0.717) is 6.54 Å². The fourth-order valence-corrected chi connectivity index (χ4v) is 0.410. The number of allylic oxidation sites excluding steroid dienone is 4. The first-order valence-corrected chi connectivity index (χ1v) is 3.37. The van der Waals surface area contributed by atoms with Gasteiger partial charge in [0.05, 0.1) is 0 Å². The van der Waals surface area contributed by atoms with Crippen LogP contribution in [0.4, 0.5) is 0 Å².